The van der Waals surface area contributed by atoms with Gasteiger partial charge >= 0.3 is 0 Å². The van der Waals surface area contributed by atoms with E-state index >= 15 is 0 Å². The number of aromatic nitrogens is 1. The lowest BCUT2D eigenvalue weighted by Crippen LogP contribution is -2.36. The predicted octanol–water partition coefficient (Wildman–Crippen LogP) is 3.38. The molecule has 1 fully saturated rings. The Morgan fingerprint density at radius 2 is 1.73 bits per heavy atom. The molecule has 1 aliphatic heterocycles. The van der Waals surface area contributed by atoms with Gasteiger partial charge in [0, 0.05) is 18.8 Å². The normalized spacial score (nSPS) is 15.4. The van der Waals surface area contributed by atoms with E-state index in [1.54, 1.807) is 0 Å². The van der Waals surface area contributed by atoms with E-state index in [0.717, 1.165) is 36.5 Å². The summed E-state index contributed by atoms with van der Waals surface area (Å²) in [4.78, 5) is 6.66. The third-order valence-electron chi connectivity index (χ3n) is 3.98. The van der Waals surface area contributed by atoms with Crippen molar-refractivity contribution in [3.63, 3.8) is 0 Å². The molecule has 2 aromatic carbocycles. The van der Waals surface area contributed by atoms with Gasteiger partial charge in [0.05, 0.1) is 23.4 Å². The Bertz CT molecular complexity index is 791. The molecule has 0 bridgehead atoms. The molecular weight excluding hydrogens is 294 g/mol. The molecule has 0 atom stereocenters. The molecule has 1 aromatic heterocycles. The number of morpholine rings is 1. The number of anilines is 2. The first-order chi connectivity index (χ1) is 10.8. The SMILES string of the molecule is Nc1nc2ccc(-c3ccc(N4CCOCC4)cc3)cc2s1. The van der Waals surface area contributed by atoms with Crippen molar-refractivity contribution in [2.75, 3.05) is 36.9 Å². The number of fused-ring (bicyclic) bond motifs is 1. The van der Waals surface area contributed by atoms with Crippen molar-refractivity contribution in [3.8, 4) is 11.1 Å². The van der Waals surface area contributed by atoms with E-state index in [2.05, 4.69) is 46.3 Å². The van der Waals surface area contributed by atoms with Gasteiger partial charge in [0.15, 0.2) is 5.13 Å². The summed E-state index contributed by atoms with van der Waals surface area (Å²) >= 11 is 1.53. The van der Waals surface area contributed by atoms with Crippen molar-refractivity contribution < 1.29 is 4.74 Å². The van der Waals surface area contributed by atoms with E-state index in [1.165, 1.54) is 28.2 Å². The first kappa shape index (κ1) is 13.5. The highest BCUT2D eigenvalue weighted by Gasteiger charge is 2.11. The maximum atomic E-state index is 5.77. The van der Waals surface area contributed by atoms with Crippen LogP contribution in [0.25, 0.3) is 21.3 Å². The van der Waals surface area contributed by atoms with Crippen molar-refractivity contribution in [2.24, 2.45) is 0 Å². The highest BCUT2D eigenvalue weighted by atomic mass is 32.1. The summed E-state index contributed by atoms with van der Waals surface area (Å²) in [5.41, 5.74) is 10.4. The number of hydrogen-bond acceptors (Lipinski definition) is 5. The number of benzene rings is 2. The smallest absolute Gasteiger partial charge is 0.181 e. The van der Waals surface area contributed by atoms with Crippen LogP contribution in [0.5, 0.6) is 0 Å². The molecule has 1 saturated heterocycles. The molecule has 0 spiro atoms. The van der Waals surface area contributed by atoms with Gasteiger partial charge < -0.3 is 15.4 Å². The molecule has 2 N–H and O–H groups in total. The summed E-state index contributed by atoms with van der Waals surface area (Å²) in [5, 5.41) is 0.620. The molecule has 0 amide bonds. The minimum absolute atomic E-state index is 0.620. The van der Waals surface area contributed by atoms with Crippen LogP contribution in [0, 0.1) is 0 Å². The van der Waals surface area contributed by atoms with Gasteiger partial charge in [-0.15, -0.1) is 0 Å². The summed E-state index contributed by atoms with van der Waals surface area (Å²) < 4.78 is 6.53. The molecule has 2 heterocycles. The first-order valence-electron chi connectivity index (χ1n) is 7.39. The summed E-state index contributed by atoms with van der Waals surface area (Å²) in [6, 6.07) is 15.0. The molecule has 0 saturated carbocycles. The Hall–Kier alpha value is -2.11. The third kappa shape index (κ3) is 2.53. The van der Waals surface area contributed by atoms with Gasteiger partial charge in [0.2, 0.25) is 0 Å². The summed E-state index contributed by atoms with van der Waals surface area (Å²) in [7, 11) is 0. The molecule has 112 valence electrons. The number of nitrogen functional groups attached to an aromatic ring is 1. The van der Waals surface area contributed by atoms with E-state index in [9.17, 15) is 0 Å². The Kier molecular flexibility index (Phi) is 3.44. The summed E-state index contributed by atoms with van der Waals surface area (Å²) in [6.45, 7) is 3.55. The lowest BCUT2D eigenvalue weighted by Gasteiger charge is -2.28. The molecular formula is C17H17N3OS. The average Bonchev–Trinajstić information content (AvgIpc) is 2.95. The molecule has 5 heteroatoms. The number of nitrogens with zero attached hydrogens (tertiary/aromatic N) is 2. The fraction of sp³-hybridized carbons (Fsp3) is 0.235. The Balaban J connectivity index is 1.63. The lowest BCUT2D eigenvalue weighted by atomic mass is 10.0. The van der Waals surface area contributed by atoms with Crippen LogP contribution in [0.4, 0.5) is 10.8 Å². The summed E-state index contributed by atoms with van der Waals surface area (Å²) in [6.07, 6.45) is 0. The minimum atomic E-state index is 0.620. The van der Waals surface area contributed by atoms with Gasteiger partial charge in [-0.2, -0.15) is 0 Å². The highest BCUT2D eigenvalue weighted by molar-refractivity contribution is 7.22. The average molecular weight is 311 g/mol. The number of thiazole rings is 1. The van der Waals surface area contributed by atoms with Gasteiger partial charge in [-0.05, 0) is 35.4 Å². The van der Waals surface area contributed by atoms with Crippen LogP contribution in [0.2, 0.25) is 0 Å². The molecule has 3 aromatic rings. The molecule has 22 heavy (non-hydrogen) atoms. The van der Waals surface area contributed by atoms with Gasteiger partial charge in [-0.1, -0.05) is 29.5 Å². The maximum Gasteiger partial charge on any atom is 0.181 e. The van der Waals surface area contributed by atoms with Crippen LogP contribution in [0.15, 0.2) is 42.5 Å². The zero-order valence-corrected chi connectivity index (χ0v) is 13.0. The standard InChI is InChI=1S/C17H17N3OS/c18-17-19-15-6-3-13(11-16(15)22-17)12-1-4-14(5-2-12)20-7-9-21-10-8-20/h1-6,11H,7-10H2,(H2,18,19). The Morgan fingerprint density at radius 1 is 1.00 bits per heavy atom. The zero-order valence-electron chi connectivity index (χ0n) is 12.2. The van der Waals surface area contributed by atoms with Crippen LogP contribution >= 0.6 is 11.3 Å². The first-order valence-corrected chi connectivity index (χ1v) is 8.20. The molecule has 4 rings (SSSR count). The van der Waals surface area contributed by atoms with Crippen LogP contribution < -0.4 is 10.6 Å². The van der Waals surface area contributed by atoms with E-state index in [0.29, 0.717) is 5.13 Å². The second-order valence-electron chi connectivity index (χ2n) is 5.38. The van der Waals surface area contributed by atoms with Gasteiger partial charge in [-0.25, -0.2) is 4.98 Å². The number of rotatable bonds is 2. The monoisotopic (exact) mass is 311 g/mol. The second-order valence-corrected chi connectivity index (χ2v) is 6.44. The largest absolute Gasteiger partial charge is 0.378 e. The topological polar surface area (TPSA) is 51.4 Å². The van der Waals surface area contributed by atoms with Crippen LogP contribution in [0.1, 0.15) is 0 Å². The van der Waals surface area contributed by atoms with E-state index < -0.39 is 0 Å². The van der Waals surface area contributed by atoms with Crippen molar-refractivity contribution in [2.45, 2.75) is 0 Å². The minimum Gasteiger partial charge on any atom is -0.378 e. The van der Waals surface area contributed by atoms with Gasteiger partial charge in [0.1, 0.15) is 0 Å². The van der Waals surface area contributed by atoms with Gasteiger partial charge in [0.25, 0.3) is 0 Å². The molecule has 0 radical (unpaired) electrons. The van der Waals surface area contributed by atoms with Gasteiger partial charge in [-0.3, -0.25) is 0 Å². The third-order valence-corrected chi connectivity index (χ3v) is 4.83. The number of hydrogen-bond donors (Lipinski definition) is 1. The van der Waals surface area contributed by atoms with Crippen molar-refractivity contribution in [3.05, 3.63) is 42.5 Å². The van der Waals surface area contributed by atoms with Crippen LogP contribution in [-0.2, 0) is 4.74 Å². The van der Waals surface area contributed by atoms with Crippen molar-refractivity contribution in [1.29, 1.82) is 0 Å². The number of ether oxygens (including phenoxy) is 1. The second kappa shape index (κ2) is 5.59. The van der Waals surface area contributed by atoms with Crippen LogP contribution in [-0.4, -0.2) is 31.3 Å². The van der Waals surface area contributed by atoms with E-state index in [-0.39, 0.29) is 0 Å². The summed E-state index contributed by atoms with van der Waals surface area (Å²) in [5.74, 6) is 0. The molecule has 0 unspecified atom stereocenters. The van der Waals surface area contributed by atoms with E-state index in [4.69, 9.17) is 10.5 Å². The lowest BCUT2D eigenvalue weighted by molar-refractivity contribution is 0.122. The van der Waals surface area contributed by atoms with Crippen molar-refractivity contribution in [1.82, 2.24) is 4.98 Å². The Morgan fingerprint density at radius 3 is 2.50 bits per heavy atom. The zero-order chi connectivity index (χ0) is 14.9. The van der Waals surface area contributed by atoms with E-state index in [1.807, 2.05) is 6.07 Å². The van der Waals surface area contributed by atoms with Crippen molar-refractivity contribution >= 4 is 32.4 Å². The maximum absolute atomic E-state index is 5.77. The van der Waals surface area contributed by atoms with Crippen LogP contribution in [0.3, 0.4) is 0 Å². The molecule has 1 aliphatic rings. The highest BCUT2D eigenvalue weighted by Crippen LogP contribution is 2.30. The fourth-order valence-electron chi connectivity index (χ4n) is 2.81. The fourth-order valence-corrected chi connectivity index (χ4v) is 3.58. The Labute approximate surface area is 133 Å². The molecule has 0 aliphatic carbocycles. The predicted molar refractivity (Wildman–Crippen MR) is 92.5 cm³/mol. The number of nitrogens with two attached hydrogens (primary N) is 1. The quantitative estimate of drug-likeness (QED) is 0.788. The molecule has 4 nitrogen and oxygen atoms in total.